The molecule has 0 amide bonds. The van der Waals surface area contributed by atoms with E-state index in [1.54, 1.807) is 0 Å². The normalized spacial score (nSPS) is 17.7. The van der Waals surface area contributed by atoms with Gasteiger partial charge in [0.15, 0.2) is 0 Å². The second kappa shape index (κ2) is 8.24. The molecule has 1 fully saturated rings. The zero-order valence-corrected chi connectivity index (χ0v) is 13.0. The van der Waals surface area contributed by atoms with E-state index >= 15 is 0 Å². The molecule has 0 aromatic rings. The van der Waals surface area contributed by atoms with Crippen molar-refractivity contribution < 1.29 is 11.8 Å². The van der Waals surface area contributed by atoms with Gasteiger partial charge >= 0.3 is 62.9 Å². The van der Waals surface area contributed by atoms with Crippen LogP contribution in [0.2, 0.25) is 0 Å². The molecule has 0 aliphatic carbocycles. The average Bonchev–Trinajstić information content (AvgIpc) is 2.52. The van der Waals surface area contributed by atoms with Crippen molar-refractivity contribution >= 4 is 0 Å². The summed E-state index contributed by atoms with van der Waals surface area (Å²) in [6.45, 7) is 5.69. The van der Waals surface area contributed by atoms with Gasteiger partial charge in [-0.2, -0.15) is 0 Å². The maximum absolute atomic E-state index is 8.35. The Morgan fingerprint density at radius 1 is 0.905 bits per heavy atom. The van der Waals surface area contributed by atoms with E-state index in [-0.39, 0.29) is 0 Å². The van der Waals surface area contributed by atoms with E-state index in [2.05, 4.69) is 11.8 Å². The molecule has 113 valence electrons. The molecule has 0 radical (unpaired) electrons. The number of nitrogens with zero attached hydrogens (tertiary/aromatic N) is 6. The van der Waals surface area contributed by atoms with Gasteiger partial charge in [0, 0.05) is 12.6 Å². The summed E-state index contributed by atoms with van der Waals surface area (Å²) in [5.41, 5.74) is 5.68. The van der Waals surface area contributed by atoms with Gasteiger partial charge in [0.05, 0.1) is 0 Å². The van der Waals surface area contributed by atoms with Crippen LogP contribution in [0.4, 0.5) is 0 Å². The van der Waals surface area contributed by atoms with Gasteiger partial charge in [-0.1, -0.05) is 6.42 Å². The van der Waals surface area contributed by atoms with Crippen LogP contribution in [0.15, 0.2) is 0 Å². The van der Waals surface area contributed by atoms with Gasteiger partial charge in [0.2, 0.25) is 0 Å². The van der Waals surface area contributed by atoms with Crippen LogP contribution in [0.3, 0.4) is 0 Å². The Hall–Kier alpha value is -2.11. The minimum absolute atomic E-state index is 0.345. The molecule has 1 atom stereocenters. The van der Waals surface area contributed by atoms with Crippen molar-refractivity contribution in [3.63, 3.8) is 0 Å². The molecule has 8 heteroatoms. The summed E-state index contributed by atoms with van der Waals surface area (Å²) in [5, 5.41) is 41.8. The van der Waals surface area contributed by atoms with Crippen LogP contribution in [0.25, 0.3) is 0 Å². The molecular weight excluding hydrogens is 310 g/mol. The summed E-state index contributed by atoms with van der Waals surface area (Å²) >= 11 is -4.78. The first kappa shape index (κ1) is 18.9. The minimum atomic E-state index is -4.78. The van der Waals surface area contributed by atoms with Gasteiger partial charge in [-0.25, -0.2) is 0 Å². The topological polar surface area (TPSA) is 148 Å². The van der Waals surface area contributed by atoms with Gasteiger partial charge in [0.25, 0.3) is 0 Å². The number of likely N-dealkylation sites (tertiary alicyclic amines) is 1. The van der Waals surface area contributed by atoms with Gasteiger partial charge in [-0.05, 0) is 32.9 Å². The SMILES string of the molecule is CC(N)CN1CCCCC1.N#[C][Fe]([C]#N)([C]#N)([C]#N)[C]#N. The number of rotatable bonds is 2. The Balaban J connectivity index is 0.000000382. The summed E-state index contributed by atoms with van der Waals surface area (Å²) in [6.07, 6.45) is 4.15. The van der Waals surface area contributed by atoms with E-state index in [0.717, 1.165) is 6.54 Å². The number of nitrogens with two attached hydrogens (primary N) is 1. The summed E-state index contributed by atoms with van der Waals surface area (Å²) in [7, 11) is 0. The predicted molar refractivity (Wildman–Crippen MR) is 72.0 cm³/mol. The van der Waals surface area contributed by atoms with Crippen molar-refractivity contribution in [2.45, 2.75) is 32.2 Å². The summed E-state index contributed by atoms with van der Waals surface area (Å²) in [5.74, 6) is 0. The zero-order valence-electron chi connectivity index (χ0n) is 11.9. The number of hydrogen-bond acceptors (Lipinski definition) is 7. The molecule has 0 aromatic heterocycles. The molecule has 7 nitrogen and oxygen atoms in total. The van der Waals surface area contributed by atoms with Crippen molar-refractivity contribution in [1.29, 1.82) is 26.3 Å². The average molecular weight is 328 g/mol. The maximum atomic E-state index is 8.35. The van der Waals surface area contributed by atoms with E-state index in [1.807, 2.05) is 0 Å². The Labute approximate surface area is 125 Å². The van der Waals surface area contributed by atoms with Crippen molar-refractivity contribution in [1.82, 2.24) is 4.90 Å². The van der Waals surface area contributed by atoms with Crippen LogP contribution >= 0.6 is 0 Å². The Morgan fingerprint density at radius 3 is 1.52 bits per heavy atom. The van der Waals surface area contributed by atoms with Crippen molar-refractivity contribution in [2.75, 3.05) is 19.6 Å². The Bertz CT molecular complexity index is 459. The first-order valence-corrected chi connectivity index (χ1v) is 9.03. The Morgan fingerprint density at radius 2 is 1.29 bits per heavy atom. The van der Waals surface area contributed by atoms with Crippen LogP contribution in [0, 0.1) is 51.1 Å². The monoisotopic (exact) mass is 328 g/mol. The Kier molecular flexibility index (Phi) is 7.41. The summed E-state index contributed by atoms with van der Waals surface area (Å²) in [6, 6.07) is 0.345. The van der Waals surface area contributed by atoms with E-state index in [9.17, 15) is 0 Å². The van der Waals surface area contributed by atoms with Crippen LogP contribution < -0.4 is 5.73 Å². The molecule has 0 aromatic carbocycles. The quantitative estimate of drug-likeness (QED) is 0.740. The molecular formula is C13H18FeN7. The molecule has 21 heavy (non-hydrogen) atoms. The third-order valence-corrected chi connectivity index (χ3v) is 5.25. The zero-order chi connectivity index (χ0) is 16.4. The molecule has 1 heterocycles. The second-order valence-corrected chi connectivity index (χ2v) is 8.61. The van der Waals surface area contributed by atoms with Gasteiger partial charge in [-0.15, -0.1) is 0 Å². The standard InChI is InChI=1S/C8H18N2.5CN.Fe/c1-8(9)7-10-5-3-2-4-6-10;5*1-2;/h8H,2-7,9H2,1H3;;;;;;. The number of piperidine rings is 1. The number of hydrogen-bond donors (Lipinski definition) is 1. The van der Waals surface area contributed by atoms with Crippen LogP contribution in [0.5, 0.6) is 0 Å². The third kappa shape index (κ3) is 5.06. The summed E-state index contributed by atoms with van der Waals surface area (Å²) in [4.78, 5) is 8.59. The first-order chi connectivity index (χ1) is 9.90. The fourth-order valence-electron chi connectivity index (χ4n) is 1.73. The molecule has 0 saturated carbocycles. The van der Waals surface area contributed by atoms with Crippen LogP contribution in [-0.4, -0.2) is 30.6 Å². The molecule has 0 spiro atoms. The van der Waals surface area contributed by atoms with Gasteiger partial charge < -0.3 is 10.6 Å². The number of nitriles is 5. The van der Waals surface area contributed by atoms with E-state index in [4.69, 9.17) is 32.0 Å². The van der Waals surface area contributed by atoms with E-state index in [0.29, 0.717) is 6.04 Å². The van der Waals surface area contributed by atoms with E-state index in [1.165, 1.54) is 57.2 Å². The van der Waals surface area contributed by atoms with Crippen molar-refractivity contribution in [3.05, 3.63) is 0 Å². The molecule has 1 aliphatic heterocycles. The summed E-state index contributed by atoms with van der Waals surface area (Å²) < 4.78 is 0. The van der Waals surface area contributed by atoms with Crippen LogP contribution in [-0.2, 0) is 11.8 Å². The molecule has 1 aliphatic rings. The second-order valence-electron chi connectivity index (χ2n) is 4.62. The van der Waals surface area contributed by atoms with E-state index < -0.39 is 11.8 Å². The molecule has 0 bridgehead atoms. The van der Waals surface area contributed by atoms with Crippen LogP contribution in [0.1, 0.15) is 26.2 Å². The third-order valence-electron chi connectivity index (χ3n) is 2.79. The molecule has 2 N–H and O–H groups in total. The molecule has 1 unspecified atom stereocenters. The van der Waals surface area contributed by atoms with Gasteiger partial charge in [-0.3, -0.25) is 0 Å². The van der Waals surface area contributed by atoms with Gasteiger partial charge in [0.1, 0.15) is 0 Å². The first-order valence-electron chi connectivity index (χ1n) is 6.27. The molecule has 1 saturated heterocycles. The fourth-order valence-corrected chi connectivity index (χ4v) is 2.28. The predicted octanol–water partition coefficient (Wildman–Crippen LogP) is 0.901. The molecule has 1 rings (SSSR count). The van der Waals surface area contributed by atoms with Crippen molar-refractivity contribution in [2.24, 2.45) is 5.73 Å². The fraction of sp³-hybridized carbons (Fsp3) is 0.615. The van der Waals surface area contributed by atoms with Crippen molar-refractivity contribution in [3.8, 4) is 24.8 Å².